The number of hydrogen-bond donors (Lipinski definition) is 0. The highest BCUT2D eigenvalue weighted by Crippen LogP contribution is 1.96. The zero-order valence-corrected chi connectivity index (χ0v) is 9.38. The molecule has 14 heavy (non-hydrogen) atoms. The minimum Gasteiger partial charge on any atom is -0.466 e. The standard InChI is InChI=1S/C11H22O3/c1-3-5-10-14-11(12)7-6-9-13-8-4-2/h3-10H2,1-2H3. The van der Waals surface area contributed by atoms with E-state index in [0.717, 1.165) is 32.3 Å². The molecule has 0 N–H and O–H groups in total. The lowest BCUT2D eigenvalue weighted by atomic mass is 10.3. The van der Waals surface area contributed by atoms with Crippen LogP contribution in [-0.4, -0.2) is 25.8 Å². The number of rotatable bonds is 9. The highest BCUT2D eigenvalue weighted by molar-refractivity contribution is 5.69. The van der Waals surface area contributed by atoms with Crippen molar-refractivity contribution in [3.05, 3.63) is 0 Å². The van der Waals surface area contributed by atoms with Gasteiger partial charge < -0.3 is 9.47 Å². The summed E-state index contributed by atoms with van der Waals surface area (Å²) in [6.45, 7) is 6.15. The van der Waals surface area contributed by atoms with E-state index in [9.17, 15) is 4.79 Å². The van der Waals surface area contributed by atoms with Gasteiger partial charge >= 0.3 is 5.97 Å². The summed E-state index contributed by atoms with van der Waals surface area (Å²) in [5, 5.41) is 0. The Balaban J connectivity index is 3.10. The predicted molar refractivity (Wildman–Crippen MR) is 56.2 cm³/mol. The molecular weight excluding hydrogens is 180 g/mol. The second-order valence-corrected chi connectivity index (χ2v) is 3.29. The average molecular weight is 202 g/mol. The van der Waals surface area contributed by atoms with Crippen molar-refractivity contribution in [3.63, 3.8) is 0 Å². The summed E-state index contributed by atoms with van der Waals surface area (Å²) in [5.41, 5.74) is 0. The lowest BCUT2D eigenvalue weighted by molar-refractivity contribution is -0.144. The number of esters is 1. The summed E-state index contributed by atoms with van der Waals surface area (Å²) in [5.74, 6) is -0.0986. The van der Waals surface area contributed by atoms with Crippen LogP contribution < -0.4 is 0 Å². The second kappa shape index (κ2) is 10.5. The molecule has 0 rings (SSSR count). The van der Waals surface area contributed by atoms with E-state index < -0.39 is 0 Å². The molecule has 0 amide bonds. The van der Waals surface area contributed by atoms with Crippen molar-refractivity contribution in [1.29, 1.82) is 0 Å². The summed E-state index contributed by atoms with van der Waals surface area (Å²) >= 11 is 0. The van der Waals surface area contributed by atoms with Crippen LogP contribution in [0.2, 0.25) is 0 Å². The molecule has 3 nitrogen and oxygen atoms in total. The maximum absolute atomic E-state index is 11.1. The van der Waals surface area contributed by atoms with Gasteiger partial charge in [-0.2, -0.15) is 0 Å². The van der Waals surface area contributed by atoms with Crippen molar-refractivity contribution in [2.45, 2.75) is 46.0 Å². The quantitative estimate of drug-likeness (QED) is 0.426. The van der Waals surface area contributed by atoms with Crippen LogP contribution in [0.25, 0.3) is 0 Å². The van der Waals surface area contributed by atoms with Crippen molar-refractivity contribution >= 4 is 5.97 Å². The molecule has 0 radical (unpaired) electrons. The van der Waals surface area contributed by atoms with Crippen molar-refractivity contribution in [1.82, 2.24) is 0 Å². The molecule has 0 fully saturated rings. The maximum atomic E-state index is 11.1. The van der Waals surface area contributed by atoms with Crippen LogP contribution in [-0.2, 0) is 14.3 Å². The summed E-state index contributed by atoms with van der Waals surface area (Å²) in [6.07, 6.45) is 4.30. The third kappa shape index (κ3) is 9.52. The van der Waals surface area contributed by atoms with Gasteiger partial charge in [0.1, 0.15) is 0 Å². The molecule has 0 saturated carbocycles. The van der Waals surface area contributed by atoms with Crippen LogP contribution in [0.1, 0.15) is 46.0 Å². The smallest absolute Gasteiger partial charge is 0.305 e. The summed E-state index contributed by atoms with van der Waals surface area (Å²) in [7, 11) is 0. The van der Waals surface area contributed by atoms with E-state index in [0.29, 0.717) is 19.6 Å². The van der Waals surface area contributed by atoms with E-state index >= 15 is 0 Å². The molecule has 0 spiro atoms. The SMILES string of the molecule is CCCCOC(=O)CCCOCCC. The maximum Gasteiger partial charge on any atom is 0.305 e. The fraction of sp³-hybridized carbons (Fsp3) is 0.909. The Morgan fingerprint density at radius 1 is 1.00 bits per heavy atom. The molecule has 0 unspecified atom stereocenters. The molecule has 84 valence electrons. The zero-order chi connectivity index (χ0) is 10.6. The van der Waals surface area contributed by atoms with Gasteiger partial charge in [0.25, 0.3) is 0 Å². The van der Waals surface area contributed by atoms with Gasteiger partial charge in [0.2, 0.25) is 0 Å². The Hall–Kier alpha value is -0.570. The van der Waals surface area contributed by atoms with Gasteiger partial charge in [0.05, 0.1) is 6.61 Å². The van der Waals surface area contributed by atoms with Crippen molar-refractivity contribution < 1.29 is 14.3 Å². The topological polar surface area (TPSA) is 35.5 Å². The van der Waals surface area contributed by atoms with Gasteiger partial charge in [-0.15, -0.1) is 0 Å². The summed E-state index contributed by atoms with van der Waals surface area (Å²) in [4.78, 5) is 11.1. The lowest BCUT2D eigenvalue weighted by Gasteiger charge is -2.04. The third-order valence-electron chi connectivity index (χ3n) is 1.78. The highest BCUT2D eigenvalue weighted by atomic mass is 16.5. The number of unbranched alkanes of at least 4 members (excludes halogenated alkanes) is 1. The molecule has 0 atom stereocenters. The molecule has 0 aliphatic heterocycles. The first-order chi connectivity index (χ1) is 6.81. The van der Waals surface area contributed by atoms with Gasteiger partial charge in [-0.25, -0.2) is 0 Å². The zero-order valence-electron chi connectivity index (χ0n) is 9.38. The van der Waals surface area contributed by atoms with Crippen molar-refractivity contribution in [2.24, 2.45) is 0 Å². The number of carbonyl (C=O) groups is 1. The number of hydrogen-bond acceptors (Lipinski definition) is 3. The monoisotopic (exact) mass is 202 g/mol. The van der Waals surface area contributed by atoms with E-state index in [1.807, 2.05) is 0 Å². The largest absolute Gasteiger partial charge is 0.466 e. The molecule has 0 aromatic carbocycles. The van der Waals surface area contributed by atoms with Gasteiger partial charge in [-0.3, -0.25) is 4.79 Å². The second-order valence-electron chi connectivity index (χ2n) is 3.29. The van der Waals surface area contributed by atoms with Crippen LogP contribution in [0, 0.1) is 0 Å². The predicted octanol–water partition coefficient (Wildman–Crippen LogP) is 2.54. The van der Waals surface area contributed by atoms with Gasteiger partial charge in [0.15, 0.2) is 0 Å². The lowest BCUT2D eigenvalue weighted by Crippen LogP contribution is -2.07. The molecule has 0 aromatic rings. The van der Waals surface area contributed by atoms with Crippen molar-refractivity contribution in [3.8, 4) is 0 Å². The molecule has 0 bridgehead atoms. The van der Waals surface area contributed by atoms with Crippen LogP contribution in [0.5, 0.6) is 0 Å². The van der Waals surface area contributed by atoms with E-state index in [1.54, 1.807) is 0 Å². The summed E-state index contributed by atoms with van der Waals surface area (Å²) < 4.78 is 10.2. The Morgan fingerprint density at radius 3 is 2.43 bits per heavy atom. The van der Waals surface area contributed by atoms with Crippen LogP contribution in [0.4, 0.5) is 0 Å². The fourth-order valence-electron chi connectivity index (χ4n) is 0.967. The first-order valence-corrected chi connectivity index (χ1v) is 5.54. The normalized spacial score (nSPS) is 10.1. The molecule has 0 aliphatic rings. The molecule has 0 aliphatic carbocycles. The average Bonchev–Trinajstić information content (AvgIpc) is 2.18. The Labute approximate surface area is 86.8 Å². The van der Waals surface area contributed by atoms with Crippen LogP contribution in [0.3, 0.4) is 0 Å². The summed E-state index contributed by atoms with van der Waals surface area (Å²) in [6, 6.07) is 0. The molecular formula is C11H22O3. The van der Waals surface area contributed by atoms with E-state index in [4.69, 9.17) is 9.47 Å². The third-order valence-corrected chi connectivity index (χ3v) is 1.78. The van der Waals surface area contributed by atoms with Crippen molar-refractivity contribution in [2.75, 3.05) is 19.8 Å². The highest BCUT2D eigenvalue weighted by Gasteiger charge is 2.01. The van der Waals surface area contributed by atoms with E-state index in [-0.39, 0.29) is 5.97 Å². The van der Waals surface area contributed by atoms with Gasteiger partial charge in [-0.1, -0.05) is 20.3 Å². The minimum absolute atomic E-state index is 0.0986. The van der Waals surface area contributed by atoms with Crippen LogP contribution >= 0.6 is 0 Å². The number of carbonyl (C=O) groups excluding carboxylic acids is 1. The molecule has 0 aromatic heterocycles. The van der Waals surface area contributed by atoms with E-state index in [1.165, 1.54) is 0 Å². The minimum atomic E-state index is -0.0986. The van der Waals surface area contributed by atoms with Gasteiger partial charge in [0, 0.05) is 19.6 Å². The molecule has 3 heteroatoms. The first-order valence-electron chi connectivity index (χ1n) is 5.54. The fourth-order valence-corrected chi connectivity index (χ4v) is 0.967. The Morgan fingerprint density at radius 2 is 1.79 bits per heavy atom. The Kier molecular flexibility index (Phi) is 10.1. The number of ether oxygens (including phenoxy) is 2. The van der Waals surface area contributed by atoms with Crippen LogP contribution in [0.15, 0.2) is 0 Å². The molecule has 0 heterocycles. The first kappa shape index (κ1) is 13.4. The Bertz CT molecular complexity index is 134. The molecule has 0 saturated heterocycles. The van der Waals surface area contributed by atoms with Gasteiger partial charge in [-0.05, 0) is 19.3 Å². The van der Waals surface area contributed by atoms with E-state index in [2.05, 4.69) is 13.8 Å².